The molecule has 0 unspecified atom stereocenters. The lowest BCUT2D eigenvalue weighted by Crippen LogP contribution is -1.96. The number of nitriles is 1. The van der Waals surface area contributed by atoms with Crippen LogP contribution in [0.25, 0.3) is 11.1 Å². The van der Waals surface area contributed by atoms with Crippen molar-refractivity contribution in [2.45, 2.75) is 19.8 Å². The van der Waals surface area contributed by atoms with Crippen LogP contribution in [0.1, 0.15) is 29.3 Å². The quantitative estimate of drug-likeness (QED) is 0.777. The van der Waals surface area contributed by atoms with Crippen LogP contribution in [0.2, 0.25) is 0 Å². The second-order valence-electron chi connectivity index (χ2n) is 4.72. The van der Waals surface area contributed by atoms with Gasteiger partial charge in [-0.05, 0) is 35.2 Å². The fourth-order valence-corrected chi connectivity index (χ4v) is 2.26. The van der Waals surface area contributed by atoms with Crippen molar-refractivity contribution in [1.29, 1.82) is 5.26 Å². The Hall–Kier alpha value is -2.60. The Morgan fingerprint density at radius 3 is 2.38 bits per heavy atom. The molecule has 0 saturated heterocycles. The van der Waals surface area contributed by atoms with E-state index in [1.54, 1.807) is 19.2 Å². The summed E-state index contributed by atoms with van der Waals surface area (Å²) >= 11 is 0. The zero-order chi connectivity index (χ0) is 15.2. The second kappa shape index (κ2) is 6.71. The Bertz CT molecular complexity index is 681. The molecule has 0 fully saturated rings. The number of carbonyl (C=O) groups excluding carboxylic acids is 1. The average molecular weight is 279 g/mol. The minimum atomic E-state index is -0.145. The van der Waals surface area contributed by atoms with Gasteiger partial charge in [-0.1, -0.05) is 37.3 Å². The van der Waals surface area contributed by atoms with Gasteiger partial charge in [-0.3, -0.25) is 4.79 Å². The third-order valence-corrected chi connectivity index (χ3v) is 3.44. The van der Waals surface area contributed by atoms with Crippen LogP contribution in [0.5, 0.6) is 5.75 Å². The van der Waals surface area contributed by atoms with Crippen molar-refractivity contribution in [3.8, 4) is 22.9 Å². The summed E-state index contributed by atoms with van der Waals surface area (Å²) in [5.74, 6) is 0.745. The smallest absolute Gasteiger partial charge is 0.176 e. The topological polar surface area (TPSA) is 50.1 Å². The van der Waals surface area contributed by atoms with E-state index in [-0.39, 0.29) is 12.2 Å². The summed E-state index contributed by atoms with van der Waals surface area (Å²) in [6, 6.07) is 15.3. The Morgan fingerprint density at radius 1 is 1.14 bits per heavy atom. The Labute approximate surface area is 124 Å². The van der Waals surface area contributed by atoms with Gasteiger partial charge in [0.1, 0.15) is 5.75 Å². The number of rotatable bonds is 5. The van der Waals surface area contributed by atoms with Crippen LogP contribution < -0.4 is 4.74 Å². The van der Waals surface area contributed by atoms with Crippen LogP contribution in [0.15, 0.2) is 42.5 Å². The first-order valence-electron chi connectivity index (χ1n) is 6.87. The maximum Gasteiger partial charge on any atom is 0.176 e. The van der Waals surface area contributed by atoms with E-state index in [1.165, 1.54) is 0 Å². The minimum Gasteiger partial charge on any atom is -0.496 e. The maximum atomic E-state index is 11.6. The van der Waals surface area contributed by atoms with E-state index in [0.717, 1.165) is 28.9 Å². The highest BCUT2D eigenvalue weighted by molar-refractivity contribution is 5.97. The summed E-state index contributed by atoms with van der Waals surface area (Å²) in [6.07, 6.45) is 0.817. The van der Waals surface area contributed by atoms with E-state index in [0.29, 0.717) is 5.56 Å². The minimum absolute atomic E-state index is 0.0815. The normalized spacial score (nSPS) is 9.95. The summed E-state index contributed by atoms with van der Waals surface area (Å²) < 4.78 is 5.33. The lowest BCUT2D eigenvalue weighted by molar-refractivity contribution is 0.0998. The van der Waals surface area contributed by atoms with Crippen molar-refractivity contribution in [2.24, 2.45) is 0 Å². The van der Waals surface area contributed by atoms with Gasteiger partial charge in [-0.2, -0.15) is 5.26 Å². The zero-order valence-electron chi connectivity index (χ0n) is 12.2. The first kappa shape index (κ1) is 14.8. The lowest BCUT2D eigenvalue weighted by atomic mass is 9.99. The molecule has 0 atom stereocenters. The number of hydrogen-bond donors (Lipinski definition) is 0. The number of ketones is 1. The summed E-state index contributed by atoms with van der Waals surface area (Å²) in [4.78, 5) is 11.6. The number of hydrogen-bond acceptors (Lipinski definition) is 3. The molecule has 0 amide bonds. The number of ether oxygens (including phenoxy) is 1. The molecule has 0 aromatic heterocycles. The fraction of sp³-hybridized carbons (Fsp3) is 0.222. The first-order chi connectivity index (χ1) is 10.2. The van der Waals surface area contributed by atoms with E-state index in [1.807, 2.05) is 30.3 Å². The van der Waals surface area contributed by atoms with Crippen LogP contribution in [0.4, 0.5) is 0 Å². The van der Waals surface area contributed by atoms with Gasteiger partial charge >= 0.3 is 0 Å². The van der Waals surface area contributed by atoms with Gasteiger partial charge in [0.25, 0.3) is 0 Å². The molecule has 21 heavy (non-hydrogen) atoms. The molecule has 2 aromatic carbocycles. The molecule has 2 rings (SSSR count). The molecule has 0 aliphatic rings. The van der Waals surface area contributed by atoms with E-state index >= 15 is 0 Å². The molecule has 0 radical (unpaired) electrons. The van der Waals surface area contributed by atoms with Crippen molar-refractivity contribution in [1.82, 2.24) is 0 Å². The van der Waals surface area contributed by atoms with Crippen LogP contribution in [0, 0.1) is 11.3 Å². The standard InChI is InChI=1S/C18H17NO2/c1-3-13-12-16(8-9-18(13)21-2)14-4-6-15(7-5-14)17(20)10-11-19/h4-9,12H,3,10H2,1-2H3. The van der Waals surface area contributed by atoms with Crippen LogP contribution in [-0.2, 0) is 6.42 Å². The van der Waals surface area contributed by atoms with Gasteiger partial charge < -0.3 is 4.74 Å². The number of carbonyl (C=O) groups is 1. The predicted octanol–water partition coefficient (Wildman–Crippen LogP) is 4.02. The van der Waals surface area contributed by atoms with Gasteiger partial charge in [0.15, 0.2) is 5.78 Å². The highest BCUT2D eigenvalue weighted by Crippen LogP contribution is 2.27. The van der Waals surface area contributed by atoms with Crippen molar-refractivity contribution in [2.75, 3.05) is 7.11 Å². The van der Waals surface area contributed by atoms with E-state index in [9.17, 15) is 4.79 Å². The van der Waals surface area contributed by atoms with Gasteiger partial charge in [-0.15, -0.1) is 0 Å². The second-order valence-corrected chi connectivity index (χ2v) is 4.72. The number of aryl methyl sites for hydroxylation is 1. The maximum absolute atomic E-state index is 11.6. The number of nitrogens with zero attached hydrogens (tertiary/aromatic N) is 1. The molecule has 106 valence electrons. The molecule has 2 aromatic rings. The Morgan fingerprint density at radius 2 is 1.81 bits per heavy atom. The first-order valence-corrected chi connectivity index (χ1v) is 6.87. The summed E-state index contributed by atoms with van der Waals surface area (Å²) in [6.45, 7) is 2.09. The third-order valence-electron chi connectivity index (χ3n) is 3.44. The molecule has 3 nitrogen and oxygen atoms in total. The van der Waals surface area contributed by atoms with Gasteiger partial charge in [0.2, 0.25) is 0 Å². The molecule has 0 bridgehead atoms. The lowest BCUT2D eigenvalue weighted by Gasteiger charge is -2.10. The average Bonchev–Trinajstić information content (AvgIpc) is 2.54. The monoisotopic (exact) mass is 279 g/mol. The van der Waals surface area contributed by atoms with Gasteiger partial charge in [-0.25, -0.2) is 0 Å². The highest BCUT2D eigenvalue weighted by Gasteiger charge is 2.07. The SMILES string of the molecule is CCc1cc(-c2ccc(C(=O)CC#N)cc2)ccc1OC. The van der Waals surface area contributed by atoms with Crippen LogP contribution >= 0.6 is 0 Å². The Kier molecular flexibility index (Phi) is 4.73. The van der Waals surface area contributed by atoms with Crippen molar-refractivity contribution in [3.05, 3.63) is 53.6 Å². The molecule has 0 saturated carbocycles. The van der Waals surface area contributed by atoms with E-state index in [2.05, 4.69) is 13.0 Å². The Balaban J connectivity index is 2.31. The molecular formula is C18H17NO2. The summed E-state index contributed by atoms with van der Waals surface area (Å²) in [5.41, 5.74) is 3.86. The zero-order valence-corrected chi connectivity index (χ0v) is 12.2. The molecule has 3 heteroatoms. The third kappa shape index (κ3) is 3.29. The van der Waals surface area contributed by atoms with Gasteiger partial charge in [0.05, 0.1) is 19.6 Å². The van der Waals surface area contributed by atoms with Crippen molar-refractivity contribution >= 4 is 5.78 Å². The van der Waals surface area contributed by atoms with E-state index < -0.39 is 0 Å². The number of methoxy groups -OCH3 is 1. The van der Waals surface area contributed by atoms with Crippen molar-refractivity contribution in [3.63, 3.8) is 0 Å². The predicted molar refractivity (Wildman–Crippen MR) is 82.4 cm³/mol. The van der Waals surface area contributed by atoms with E-state index in [4.69, 9.17) is 10.00 Å². The largest absolute Gasteiger partial charge is 0.496 e. The highest BCUT2D eigenvalue weighted by atomic mass is 16.5. The molecule has 0 aliphatic heterocycles. The molecular weight excluding hydrogens is 262 g/mol. The fourth-order valence-electron chi connectivity index (χ4n) is 2.26. The van der Waals surface area contributed by atoms with Crippen LogP contribution in [-0.4, -0.2) is 12.9 Å². The van der Waals surface area contributed by atoms with Crippen molar-refractivity contribution < 1.29 is 9.53 Å². The molecule has 0 aliphatic carbocycles. The molecule has 0 spiro atoms. The van der Waals surface area contributed by atoms with Crippen LogP contribution in [0.3, 0.4) is 0 Å². The molecule has 0 heterocycles. The molecule has 0 N–H and O–H groups in total. The number of Topliss-reactive ketones (excluding diaryl/α,β-unsaturated/α-hetero) is 1. The summed E-state index contributed by atoms with van der Waals surface area (Å²) in [7, 11) is 1.67. The summed E-state index contributed by atoms with van der Waals surface area (Å²) in [5, 5.41) is 8.55. The number of benzene rings is 2. The van der Waals surface area contributed by atoms with Gasteiger partial charge in [0, 0.05) is 5.56 Å².